The van der Waals surface area contributed by atoms with Gasteiger partial charge < -0.3 is 4.57 Å². The Morgan fingerprint density at radius 3 is 2.92 bits per heavy atom. The highest BCUT2D eigenvalue weighted by Crippen LogP contribution is 2.23. The van der Waals surface area contributed by atoms with Crippen molar-refractivity contribution in [2.75, 3.05) is 6.54 Å². The lowest BCUT2D eigenvalue weighted by Gasteiger charge is -2.25. The van der Waals surface area contributed by atoms with Crippen LogP contribution in [0.25, 0.3) is 0 Å². The molecule has 3 aliphatic rings. The van der Waals surface area contributed by atoms with E-state index in [1.807, 2.05) is 6.07 Å². The van der Waals surface area contributed by atoms with E-state index in [9.17, 15) is 4.79 Å². The molecule has 7 heteroatoms. The van der Waals surface area contributed by atoms with E-state index < -0.39 is 0 Å². The first-order valence-corrected chi connectivity index (χ1v) is 10.0. The van der Waals surface area contributed by atoms with Crippen LogP contribution in [-0.2, 0) is 38.9 Å². The summed E-state index contributed by atoms with van der Waals surface area (Å²) in [5.74, 6) is 2.21. The van der Waals surface area contributed by atoms with Gasteiger partial charge in [-0.05, 0) is 57.1 Å². The number of hydrogen-bond donors (Lipinski definition) is 0. The normalized spacial score (nSPS) is 22.5. The van der Waals surface area contributed by atoms with Crippen molar-refractivity contribution < 1.29 is 0 Å². The van der Waals surface area contributed by atoms with Crippen LogP contribution in [0.5, 0.6) is 0 Å². The Hall–Kier alpha value is -2.02. The maximum atomic E-state index is 12.5. The summed E-state index contributed by atoms with van der Waals surface area (Å²) in [6, 6.07) is 2.18. The van der Waals surface area contributed by atoms with Crippen LogP contribution >= 0.6 is 0 Å². The summed E-state index contributed by atoms with van der Waals surface area (Å²) in [7, 11) is 0. The van der Waals surface area contributed by atoms with Crippen molar-refractivity contribution in [1.82, 2.24) is 29.4 Å². The van der Waals surface area contributed by atoms with Crippen LogP contribution in [0.4, 0.5) is 0 Å². The van der Waals surface area contributed by atoms with Crippen LogP contribution in [0.2, 0.25) is 0 Å². The zero-order valence-electron chi connectivity index (χ0n) is 15.2. The highest BCUT2D eigenvalue weighted by molar-refractivity contribution is 5.20. The average Bonchev–Trinajstić information content (AvgIpc) is 3.35. The highest BCUT2D eigenvalue weighted by Gasteiger charge is 2.28. The molecule has 138 valence electrons. The van der Waals surface area contributed by atoms with Gasteiger partial charge in [-0.15, -0.1) is 10.2 Å². The SMILES string of the molecule is O=c1cc2c(nn1CC1CCCN1Cc1nnc3n1CCC3)CCCC2. The number of aryl methyl sites for hydroxylation is 3. The minimum atomic E-state index is 0.0564. The fourth-order valence-electron chi connectivity index (χ4n) is 4.75. The molecule has 1 unspecified atom stereocenters. The summed E-state index contributed by atoms with van der Waals surface area (Å²) >= 11 is 0. The standard InChI is InChI=1S/C19H26N6O/c26-19-11-14-5-1-2-7-16(14)22-25(19)12-15-6-3-9-23(15)13-18-21-20-17-8-4-10-24(17)18/h11,15H,1-10,12-13H2. The molecule has 2 aromatic rings. The summed E-state index contributed by atoms with van der Waals surface area (Å²) in [5.41, 5.74) is 2.36. The molecule has 1 atom stereocenters. The molecule has 2 aliphatic heterocycles. The van der Waals surface area contributed by atoms with Gasteiger partial charge in [0, 0.05) is 25.1 Å². The molecule has 0 N–H and O–H groups in total. The molecule has 1 fully saturated rings. The van der Waals surface area contributed by atoms with Crippen LogP contribution in [0.3, 0.4) is 0 Å². The van der Waals surface area contributed by atoms with Crippen molar-refractivity contribution in [3.8, 4) is 0 Å². The maximum absolute atomic E-state index is 12.5. The third-order valence-electron chi connectivity index (χ3n) is 6.19. The molecule has 26 heavy (non-hydrogen) atoms. The molecule has 0 bridgehead atoms. The second-order valence-corrected chi connectivity index (χ2v) is 7.90. The zero-order chi connectivity index (χ0) is 17.5. The fourth-order valence-corrected chi connectivity index (χ4v) is 4.75. The van der Waals surface area contributed by atoms with E-state index in [1.54, 1.807) is 4.68 Å². The fraction of sp³-hybridized carbons (Fsp3) is 0.684. The van der Waals surface area contributed by atoms with Gasteiger partial charge in [0.05, 0.1) is 18.8 Å². The van der Waals surface area contributed by atoms with Gasteiger partial charge in [-0.25, -0.2) is 4.68 Å². The van der Waals surface area contributed by atoms with Crippen molar-refractivity contribution in [3.63, 3.8) is 0 Å². The lowest BCUT2D eigenvalue weighted by atomic mass is 9.97. The minimum absolute atomic E-state index is 0.0564. The molecule has 0 aromatic carbocycles. The van der Waals surface area contributed by atoms with Gasteiger partial charge in [-0.1, -0.05) is 0 Å². The topological polar surface area (TPSA) is 68.8 Å². The molecule has 5 rings (SSSR count). The molecule has 1 saturated heterocycles. The molecule has 1 aliphatic carbocycles. The number of aromatic nitrogens is 5. The van der Waals surface area contributed by atoms with Gasteiger partial charge in [0.1, 0.15) is 11.6 Å². The predicted molar refractivity (Wildman–Crippen MR) is 96.9 cm³/mol. The molecular weight excluding hydrogens is 328 g/mol. The van der Waals surface area contributed by atoms with Crippen LogP contribution in [-0.4, -0.2) is 42.0 Å². The monoisotopic (exact) mass is 354 g/mol. The lowest BCUT2D eigenvalue weighted by Crippen LogP contribution is -2.38. The van der Waals surface area contributed by atoms with Gasteiger partial charge in [0.25, 0.3) is 5.56 Å². The minimum Gasteiger partial charge on any atom is -0.314 e. The number of rotatable bonds is 4. The number of likely N-dealkylation sites (tertiary alicyclic amines) is 1. The molecule has 0 amide bonds. The van der Waals surface area contributed by atoms with E-state index in [4.69, 9.17) is 5.10 Å². The Labute approximate surface area is 153 Å². The predicted octanol–water partition coefficient (Wildman–Crippen LogP) is 1.32. The summed E-state index contributed by atoms with van der Waals surface area (Å²) in [4.78, 5) is 15.0. The second-order valence-electron chi connectivity index (χ2n) is 7.90. The Balaban J connectivity index is 1.34. The van der Waals surface area contributed by atoms with E-state index >= 15 is 0 Å². The van der Waals surface area contributed by atoms with Crippen molar-refractivity contribution in [1.29, 1.82) is 0 Å². The first-order valence-electron chi connectivity index (χ1n) is 10.0. The van der Waals surface area contributed by atoms with Crippen molar-refractivity contribution >= 4 is 0 Å². The van der Waals surface area contributed by atoms with Crippen LogP contribution in [0.1, 0.15) is 55.0 Å². The maximum Gasteiger partial charge on any atom is 0.267 e. The van der Waals surface area contributed by atoms with Crippen LogP contribution < -0.4 is 5.56 Å². The molecule has 0 spiro atoms. The van der Waals surface area contributed by atoms with E-state index in [1.165, 1.54) is 31.2 Å². The van der Waals surface area contributed by atoms with Gasteiger partial charge in [0.2, 0.25) is 0 Å². The lowest BCUT2D eigenvalue weighted by molar-refractivity contribution is 0.208. The summed E-state index contributed by atoms with van der Waals surface area (Å²) in [6.45, 7) is 3.62. The zero-order valence-corrected chi connectivity index (χ0v) is 15.2. The highest BCUT2D eigenvalue weighted by atomic mass is 16.1. The quantitative estimate of drug-likeness (QED) is 0.828. The van der Waals surface area contributed by atoms with Crippen molar-refractivity contribution in [2.24, 2.45) is 0 Å². The first kappa shape index (κ1) is 16.2. The third kappa shape index (κ3) is 2.88. The third-order valence-corrected chi connectivity index (χ3v) is 6.19. The largest absolute Gasteiger partial charge is 0.314 e. The van der Waals surface area contributed by atoms with Gasteiger partial charge >= 0.3 is 0 Å². The van der Waals surface area contributed by atoms with Gasteiger partial charge in [-0.3, -0.25) is 9.69 Å². The van der Waals surface area contributed by atoms with Crippen LogP contribution in [0, 0.1) is 0 Å². The summed E-state index contributed by atoms with van der Waals surface area (Å²) < 4.78 is 3.99. The molecule has 4 heterocycles. The molecule has 0 radical (unpaired) electrons. The van der Waals surface area contributed by atoms with Crippen molar-refractivity contribution in [2.45, 2.75) is 77.0 Å². The van der Waals surface area contributed by atoms with E-state index in [0.29, 0.717) is 12.6 Å². The Morgan fingerprint density at radius 2 is 1.96 bits per heavy atom. The molecule has 2 aromatic heterocycles. The van der Waals surface area contributed by atoms with Crippen LogP contribution in [0.15, 0.2) is 10.9 Å². The smallest absolute Gasteiger partial charge is 0.267 e. The first-order chi connectivity index (χ1) is 12.8. The molecular formula is C19H26N6O. The number of nitrogens with zero attached hydrogens (tertiary/aromatic N) is 6. The molecule has 0 saturated carbocycles. The van der Waals surface area contributed by atoms with E-state index in [-0.39, 0.29) is 5.56 Å². The van der Waals surface area contributed by atoms with Gasteiger partial charge in [0.15, 0.2) is 0 Å². The number of fused-ring (bicyclic) bond motifs is 2. The summed E-state index contributed by atoms with van der Waals surface area (Å²) in [6.07, 6.45) is 8.89. The molecule has 7 nitrogen and oxygen atoms in total. The van der Waals surface area contributed by atoms with E-state index in [2.05, 4.69) is 19.7 Å². The Bertz CT molecular complexity index is 869. The Morgan fingerprint density at radius 1 is 1.04 bits per heavy atom. The van der Waals surface area contributed by atoms with Gasteiger partial charge in [-0.2, -0.15) is 5.10 Å². The summed E-state index contributed by atoms with van der Waals surface area (Å²) in [5, 5.41) is 13.4. The second kappa shape index (κ2) is 6.61. The van der Waals surface area contributed by atoms with E-state index in [0.717, 1.165) is 62.7 Å². The average molecular weight is 354 g/mol. The van der Waals surface area contributed by atoms with Crippen molar-refractivity contribution in [3.05, 3.63) is 39.3 Å². The Kier molecular flexibility index (Phi) is 4.11. The number of hydrogen-bond acceptors (Lipinski definition) is 5.